The number of benzene rings is 1. The van der Waals surface area contributed by atoms with Crippen molar-refractivity contribution in [3.8, 4) is 16.3 Å². The van der Waals surface area contributed by atoms with Crippen LogP contribution in [0.15, 0.2) is 12.1 Å². The van der Waals surface area contributed by atoms with E-state index in [0.29, 0.717) is 0 Å². The summed E-state index contributed by atoms with van der Waals surface area (Å²) in [4.78, 5) is 28.4. The summed E-state index contributed by atoms with van der Waals surface area (Å²) < 4.78 is 44.7. The van der Waals surface area contributed by atoms with E-state index in [2.05, 4.69) is 10.3 Å². The van der Waals surface area contributed by atoms with Crippen LogP contribution >= 0.6 is 11.3 Å². The summed E-state index contributed by atoms with van der Waals surface area (Å²) in [6, 6.07) is 2.07. The van der Waals surface area contributed by atoms with Crippen LogP contribution in [-0.2, 0) is 9.47 Å². The number of nitrogens with one attached hydrogen (secondary N) is 1. The van der Waals surface area contributed by atoms with E-state index < -0.39 is 34.9 Å². The summed E-state index contributed by atoms with van der Waals surface area (Å²) in [5.41, 5.74) is -1.51. The van der Waals surface area contributed by atoms with Crippen molar-refractivity contribution in [2.24, 2.45) is 0 Å². The minimum atomic E-state index is -0.918. The van der Waals surface area contributed by atoms with E-state index in [1.807, 2.05) is 0 Å². The molecule has 7 nitrogen and oxygen atoms in total. The quantitative estimate of drug-likeness (QED) is 0.603. The molecular weight excluding hydrogens is 418 g/mol. The standard InChI is InChI=1S/C20H24F2N2O5S/c1-7-27-18(25)15-17(24-19(26)29-20(4,5)6)30-16(23-15)14-12(21)8-11(9-13(14)22)28-10(2)3/h8-10H,7H2,1-6H3,(H,24,26). The largest absolute Gasteiger partial charge is 0.491 e. The monoisotopic (exact) mass is 442 g/mol. The first-order valence-corrected chi connectivity index (χ1v) is 10.1. The third-order valence-corrected chi connectivity index (χ3v) is 4.30. The van der Waals surface area contributed by atoms with E-state index in [9.17, 15) is 18.4 Å². The molecule has 0 unspecified atom stereocenters. The summed E-state index contributed by atoms with van der Waals surface area (Å²) in [7, 11) is 0. The smallest absolute Gasteiger partial charge is 0.412 e. The fourth-order valence-electron chi connectivity index (χ4n) is 2.34. The van der Waals surface area contributed by atoms with Gasteiger partial charge in [0, 0.05) is 12.1 Å². The Morgan fingerprint density at radius 2 is 1.80 bits per heavy atom. The van der Waals surface area contributed by atoms with E-state index >= 15 is 0 Å². The van der Waals surface area contributed by atoms with E-state index in [-0.39, 0.29) is 34.2 Å². The Balaban J connectivity index is 2.47. The van der Waals surface area contributed by atoms with Crippen LogP contribution in [0.4, 0.5) is 18.6 Å². The number of thiazole rings is 1. The molecule has 2 rings (SSSR count). The van der Waals surface area contributed by atoms with Gasteiger partial charge < -0.3 is 14.2 Å². The van der Waals surface area contributed by atoms with Gasteiger partial charge in [0.1, 0.15) is 33.0 Å². The van der Waals surface area contributed by atoms with Gasteiger partial charge in [-0.15, -0.1) is 0 Å². The lowest BCUT2D eigenvalue weighted by atomic mass is 10.2. The summed E-state index contributed by atoms with van der Waals surface area (Å²) in [6.45, 7) is 10.1. The number of carbonyl (C=O) groups is 2. The normalized spacial score (nSPS) is 11.4. The number of anilines is 1. The molecule has 1 N–H and O–H groups in total. The number of hydrogen-bond acceptors (Lipinski definition) is 7. The second kappa shape index (κ2) is 9.38. The van der Waals surface area contributed by atoms with Crippen LogP contribution in [0, 0.1) is 11.6 Å². The number of esters is 1. The maximum Gasteiger partial charge on any atom is 0.412 e. The van der Waals surface area contributed by atoms with Gasteiger partial charge in [0.2, 0.25) is 0 Å². The minimum absolute atomic E-state index is 0.0259. The van der Waals surface area contributed by atoms with E-state index in [1.54, 1.807) is 41.5 Å². The molecule has 1 aromatic carbocycles. The van der Waals surface area contributed by atoms with E-state index in [4.69, 9.17) is 14.2 Å². The maximum atomic E-state index is 14.6. The van der Waals surface area contributed by atoms with Crippen LogP contribution in [0.5, 0.6) is 5.75 Å². The molecule has 0 bridgehead atoms. The Morgan fingerprint density at radius 1 is 1.20 bits per heavy atom. The number of aromatic nitrogens is 1. The molecule has 10 heteroatoms. The van der Waals surface area contributed by atoms with Crippen LogP contribution in [0.3, 0.4) is 0 Å². The molecule has 0 atom stereocenters. The molecule has 0 saturated heterocycles. The Labute approximate surface area is 177 Å². The van der Waals surface area contributed by atoms with Crippen molar-refractivity contribution in [1.29, 1.82) is 0 Å². The summed E-state index contributed by atoms with van der Waals surface area (Å²) in [5, 5.41) is 2.21. The lowest BCUT2D eigenvalue weighted by Gasteiger charge is -2.19. The van der Waals surface area contributed by atoms with Gasteiger partial charge in [-0.1, -0.05) is 11.3 Å². The van der Waals surface area contributed by atoms with Crippen molar-refractivity contribution in [2.45, 2.75) is 53.2 Å². The molecule has 1 amide bonds. The highest BCUT2D eigenvalue weighted by Crippen LogP contribution is 2.37. The molecule has 0 fully saturated rings. The van der Waals surface area contributed by atoms with Gasteiger partial charge in [-0.25, -0.2) is 23.4 Å². The summed E-state index contributed by atoms with van der Waals surface area (Å²) in [5.74, 6) is -2.65. The topological polar surface area (TPSA) is 86.8 Å². The predicted molar refractivity (Wildman–Crippen MR) is 109 cm³/mol. The third-order valence-electron chi connectivity index (χ3n) is 3.31. The van der Waals surface area contributed by atoms with Crippen LogP contribution in [0.25, 0.3) is 10.6 Å². The second-order valence-electron chi connectivity index (χ2n) is 7.47. The first kappa shape index (κ1) is 23.5. The minimum Gasteiger partial charge on any atom is -0.491 e. The van der Waals surface area contributed by atoms with Gasteiger partial charge in [0.25, 0.3) is 0 Å². The maximum absolute atomic E-state index is 14.6. The summed E-state index contributed by atoms with van der Waals surface area (Å²) in [6.07, 6.45) is -1.11. The highest BCUT2D eigenvalue weighted by atomic mass is 32.1. The first-order valence-electron chi connectivity index (χ1n) is 9.25. The lowest BCUT2D eigenvalue weighted by Crippen LogP contribution is -2.27. The van der Waals surface area contributed by atoms with Crippen molar-refractivity contribution in [1.82, 2.24) is 4.98 Å². The molecule has 0 aliphatic rings. The van der Waals surface area contributed by atoms with Gasteiger partial charge in [0.05, 0.1) is 18.3 Å². The molecule has 1 heterocycles. The van der Waals surface area contributed by atoms with E-state index in [1.165, 1.54) is 0 Å². The second-order valence-corrected chi connectivity index (χ2v) is 8.47. The van der Waals surface area contributed by atoms with Gasteiger partial charge in [-0.05, 0) is 41.5 Å². The zero-order valence-electron chi connectivity index (χ0n) is 17.6. The van der Waals surface area contributed by atoms with Gasteiger partial charge >= 0.3 is 12.1 Å². The lowest BCUT2D eigenvalue weighted by molar-refractivity contribution is 0.0521. The molecule has 164 valence electrons. The van der Waals surface area contributed by atoms with Crippen molar-refractivity contribution in [3.05, 3.63) is 29.5 Å². The highest BCUT2D eigenvalue weighted by molar-refractivity contribution is 7.19. The molecule has 0 spiro atoms. The Kier molecular flexibility index (Phi) is 7.35. The zero-order chi connectivity index (χ0) is 22.6. The molecule has 0 aliphatic heterocycles. The SMILES string of the molecule is CCOC(=O)c1nc(-c2c(F)cc(OC(C)C)cc2F)sc1NC(=O)OC(C)(C)C. The Hall–Kier alpha value is -2.75. The number of ether oxygens (including phenoxy) is 3. The predicted octanol–water partition coefficient (Wildman–Crippen LogP) is 5.40. The number of carbonyl (C=O) groups excluding carboxylic acids is 2. The molecule has 0 radical (unpaired) electrons. The number of nitrogens with zero attached hydrogens (tertiary/aromatic N) is 1. The average Bonchev–Trinajstić information content (AvgIpc) is 2.95. The van der Waals surface area contributed by atoms with Crippen molar-refractivity contribution in [2.75, 3.05) is 11.9 Å². The van der Waals surface area contributed by atoms with Crippen LogP contribution in [0.1, 0.15) is 52.0 Å². The molecular formula is C20H24F2N2O5S. The van der Waals surface area contributed by atoms with Crippen molar-refractivity contribution >= 4 is 28.4 Å². The summed E-state index contributed by atoms with van der Waals surface area (Å²) >= 11 is 0.725. The number of amides is 1. The first-order chi connectivity index (χ1) is 13.9. The fraction of sp³-hybridized carbons (Fsp3) is 0.450. The Bertz CT molecular complexity index is 915. The molecule has 30 heavy (non-hydrogen) atoms. The van der Waals surface area contributed by atoms with Gasteiger partial charge in [-0.2, -0.15) is 0 Å². The number of halogens is 2. The van der Waals surface area contributed by atoms with Crippen LogP contribution < -0.4 is 10.1 Å². The fourth-order valence-corrected chi connectivity index (χ4v) is 3.33. The van der Waals surface area contributed by atoms with Crippen LogP contribution in [-0.4, -0.2) is 35.4 Å². The van der Waals surface area contributed by atoms with Crippen molar-refractivity contribution in [3.63, 3.8) is 0 Å². The number of hydrogen-bond donors (Lipinski definition) is 1. The zero-order valence-corrected chi connectivity index (χ0v) is 18.4. The number of rotatable bonds is 6. The van der Waals surface area contributed by atoms with Gasteiger partial charge in [-0.3, -0.25) is 5.32 Å². The Morgan fingerprint density at radius 3 is 2.30 bits per heavy atom. The molecule has 2 aromatic rings. The third kappa shape index (κ3) is 6.12. The average molecular weight is 442 g/mol. The molecule has 0 aliphatic carbocycles. The van der Waals surface area contributed by atoms with Gasteiger partial charge in [0.15, 0.2) is 5.69 Å². The van der Waals surface area contributed by atoms with E-state index in [0.717, 1.165) is 23.5 Å². The van der Waals surface area contributed by atoms with Crippen LogP contribution in [0.2, 0.25) is 0 Å². The molecule has 0 saturated carbocycles. The van der Waals surface area contributed by atoms with Crippen molar-refractivity contribution < 1.29 is 32.6 Å². The molecule has 1 aromatic heterocycles. The highest BCUT2D eigenvalue weighted by Gasteiger charge is 2.27.